The fraction of sp³-hybridized carbons (Fsp3) is 0.941. The van der Waals surface area contributed by atoms with Gasteiger partial charge < -0.3 is 10.1 Å². The lowest BCUT2D eigenvalue weighted by Crippen LogP contribution is -2.48. The number of ether oxygens (including phenoxy) is 1. The summed E-state index contributed by atoms with van der Waals surface area (Å²) >= 11 is 0. The zero-order valence-electron chi connectivity index (χ0n) is 12.8. The smallest absolute Gasteiger partial charge is 0.220 e. The third-order valence-corrected chi connectivity index (χ3v) is 5.69. The minimum atomic E-state index is 0.281. The first-order chi connectivity index (χ1) is 9.69. The van der Waals surface area contributed by atoms with Gasteiger partial charge in [-0.1, -0.05) is 0 Å². The summed E-state index contributed by atoms with van der Waals surface area (Å²) in [6.07, 6.45) is 10.0. The maximum Gasteiger partial charge on any atom is 0.220 e. The summed E-state index contributed by atoms with van der Waals surface area (Å²) in [5, 5.41) is 3.10. The number of rotatable bonds is 7. The minimum absolute atomic E-state index is 0.281. The molecule has 0 saturated heterocycles. The molecular weight excluding hydrogens is 250 g/mol. The molecule has 114 valence electrons. The fourth-order valence-corrected chi connectivity index (χ4v) is 5.46. The summed E-state index contributed by atoms with van der Waals surface area (Å²) in [7, 11) is 0. The van der Waals surface area contributed by atoms with E-state index in [4.69, 9.17) is 4.74 Å². The molecule has 0 unspecified atom stereocenters. The van der Waals surface area contributed by atoms with E-state index >= 15 is 0 Å². The van der Waals surface area contributed by atoms with E-state index in [2.05, 4.69) is 5.32 Å². The number of nitrogens with one attached hydrogen (secondary N) is 1. The van der Waals surface area contributed by atoms with Gasteiger partial charge in [-0.05, 0) is 75.0 Å². The Morgan fingerprint density at radius 3 is 2.30 bits per heavy atom. The van der Waals surface area contributed by atoms with Crippen molar-refractivity contribution in [1.82, 2.24) is 5.32 Å². The molecule has 0 radical (unpaired) electrons. The highest BCUT2D eigenvalue weighted by molar-refractivity contribution is 5.76. The standard InChI is InChI=1S/C17H29NO2/c1-2-20-5-3-4-18-16(19)12-17-9-13-6-14(10-17)8-15(7-13)11-17/h13-15H,2-12H2,1H3,(H,18,19). The van der Waals surface area contributed by atoms with Gasteiger partial charge in [0.15, 0.2) is 0 Å². The Labute approximate surface area is 122 Å². The van der Waals surface area contributed by atoms with Crippen molar-refractivity contribution in [2.45, 2.75) is 58.3 Å². The number of hydrogen-bond donors (Lipinski definition) is 1. The highest BCUT2D eigenvalue weighted by atomic mass is 16.5. The van der Waals surface area contributed by atoms with E-state index in [1.54, 1.807) is 0 Å². The maximum absolute atomic E-state index is 12.2. The van der Waals surface area contributed by atoms with Crippen LogP contribution in [0.5, 0.6) is 0 Å². The predicted octanol–water partition coefficient (Wildman–Crippen LogP) is 3.14. The van der Waals surface area contributed by atoms with Crippen LogP contribution in [0.2, 0.25) is 0 Å². The van der Waals surface area contributed by atoms with Crippen molar-refractivity contribution in [2.75, 3.05) is 19.8 Å². The van der Waals surface area contributed by atoms with Gasteiger partial charge in [0, 0.05) is 26.2 Å². The van der Waals surface area contributed by atoms with E-state index in [-0.39, 0.29) is 5.91 Å². The van der Waals surface area contributed by atoms with Crippen LogP contribution in [0.4, 0.5) is 0 Å². The topological polar surface area (TPSA) is 38.3 Å². The van der Waals surface area contributed by atoms with Crippen LogP contribution >= 0.6 is 0 Å². The van der Waals surface area contributed by atoms with Gasteiger partial charge >= 0.3 is 0 Å². The molecule has 1 N–H and O–H groups in total. The highest BCUT2D eigenvalue weighted by Crippen LogP contribution is 2.61. The third-order valence-electron chi connectivity index (χ3n) is 5.69. The molecule has 4 aliphatic rings. The van der Waals surface area contributed by atoms with Gasteiger partial charge in [-0.2, -0.15) is 0 Å². The Kier molecular flexibility index (Phi) is 4.34. The second-order valence-electron chi connectivity index (χ2n) is 7.49. The molecule has 1 amide bonds. The van der Waals surface area contributed by atoms with E-state index in [1.165, 1.54) is 38.5 Å². The van der Waals surface area contributed by atoms with Crippen LogP contribution in [0, 0.1) is 23.2 Å². The lowest BCUT2D eigenvalue weighted by molar-refractivity contribution is -0.129. The molecule has 4 bridgehead atoms. The monoisotopic (exact) mass is 279 g/mol. The molecule has 0 spiro atoms. The Bertz CT molecular complexity index is 318. The van der Waals surface area contributed by atoms with Gasteiger partial charge in [0.2, 0.25) is 5.91 Å². The second-order valence-corrected chi connectivity index (χ2v) is 7.49. The van der Waals surface area contributed by atoms with E-state index < -0.39 is 0 Å². The van der Waals surface area contributed by atoms with Crippen LogP contribution in [0.1, 0.15) is 58.3 Å². The van der Waals surface area contributed by atoms with E-state index in [0.29, 0.717) is 5.41 Å². The number of amides is 1. The molecule has 3 nitrogen and oxygen atoms in total. The van der Waals surface area contributed by atoms with Crippen molar-refractivity contribution in [1.29, 1.82) is 0 Å². The first-order valence-electron chi connectivity index (χ1n) is 8.53. The molecule has 3 heteroatoms. The molecule has 0 atom stereocenters. The van der Waals surface area contributed by atoms with Crippen molar-refractivity contribution in [3.8, 4) is 0 Å². The summed E-state index contributed by atoms with van der Waals surface area (Å²) in [4.78, 5) is 12.2. The first-order valence-corrected chi connectivity index (χ1v) is 8.53. The highest BCUT2D eigenvalue weighted by Gasteiger charge is 2.51. The average Bonchev–Trinajstić information content (AvgIpc) is 2.36. The van der Waals surface area contributed by atoms with Gasteiger partial charge in [-0.25, -0.2) is 0 Å². The van der Waals surface area contributed by atoms with Crippen LogP contribution in [-0.4, -0.2) is 25.7 Å². The summed E-state index contributed by atoms with van der Waals surface area (Å²) in [6, 6.07) is 0. The molecule has 4 aliphatic carbocycles. The lowest BCUT2D eigenvalue weighted by atomic mass is 9.49. The van der Waals surface area contributed by atoms with Crippen molar-refractivity contribution in [3.05, 3.63) is 0 Å². The van der Waals surface area contributed by atoms with Crippen molar-refractivity contribution in [3.63, 3.8) is 0 Å². The Morgan fingerprint density at radius 2 is 1.75 bits per heavy atom. The molecule has 0 aliphatic heterocycles. The molecule has 20 heavy (non-hydrogen) atoms. The van der Waals surface area contributed by atoms with Crippen LogP contribution < -0.4 is 5.32 Å². The van der Waals surface area contributed by atoms with Crippen LogP contribution in [0.25, 0.3) is 0 Å². The van der Waals surface area contributed by atoms with Gasteiger partial charge in [0.05, 0.1) is 0 Å². The van der Waals surface area contributed by atoms with Crippen LogP contribution in [0.15, 0.2) is 0 Å². The quantitative estimate of drug-likeness (QED) is 0.727. The number of carbonyl (C=O) groups is 1. The van der Waals surface area contributed by atoms with Gasteiger partial charge in [0.25, 0.3) is 0 Å². The molecule has 0 aromatic carbocycles. The maximum atomic E-state index is 12.2. The van der Waals surface area contributed by atoms with Crippen molar-refractivity contribution >= 4 is 5.91 Å². The normalized spacial score (nSPS) is 38.1. The first kappa shape index (κ1) is 14.4. The molecule has 4 rings (SSSR count). The molecule has 0 heterocycles. The minimum Gasteiger partial charge on any atom is -0.382 e. The molecule has 4 saturated carbocycles. The third kappa shape index (κ3) is 3.19. The second kappa shape index (κ2) is 6.05. The predicted molar refractivity (Wildman–Crippen MR) is 79.3 cm³/mol. The summed E-state index contributed by atoms with van der Waals surface area (Å²) in [5.74, 6) is 3.09. The Morgan fingerprint density at radius 1 is 1.15 bits per heavy atom. The Hall–Kier alpha value is -0.570. The average molecular weight is 279 g/mol. The number of carbonyl (C=O) groups excluding carboxylic acids is 1. The summed E-state index contributed by atoms with van der Waals surface area (Å²) < 4.78 is 5.30. The zero-order valence-corrected chi connectivity index (χ0v) is 12.8. The van der Waals surface area contributed by atoms with Gasteiger partial charge in [-0.3, -0.25) is 4.79 Å². The summed E-state index contributed by atoms with van der Waals surface area (Å²) in [5.41, 5.74) is 0.374. The van der Waals surface area contributed by atoms with Crippen LogP contribution in [-0.2, 0) is 9.53 Å². The van der Waals surface area contributed by atoms with E-state index in [1.807, 2.05) is 6.92 Å². The van der Waals surface area contributed by atoms with Crippen molar-refractivity contribution in [2.24, 2.45) is 23.2 Å². The van der Waals surface area contributed by atoms with Gasteiger partial charge in [0.1, 0.15) is 0 Å². The zero-order chi connectivity index (χ0) is 14.0. The van der Waals surface area contributed by atoms with Gasteiger partial charge in [-0.15, -0.1) is 0 Å². The Balaban J connectivity index is 1.44. The summed E-state index contributed by atoms with van der Waals surface area (Å²) in [6.45, 7) is 4.30. The molecule has 0 aromatic rings. The van der Waals surface area contributed by atoms with Crippen molar-refractivity contribution < 1.29 is 9.53 Å². The SMILES string of the molecule is CCOCCCNC(=O)CC12CC3CC(CC(C3)C1)C2. The molecule has 4 fully saturated rings. The lowest BCUT2D eigenvalue weighted by Gasteiger charge is -2.56. The fourth-order valence-electron chi connectivity index (χ4n) is 5.46. The van der Waals surface area contributed by atoms with E-state index in [0.717, 1.165) is 50.4 Å². The molecule has 0 aromatic heterocycles. The molecular formula is C17H29NO2. The largest absolute Gasteiger partial charge is 0.382 e. The van der Waals surface area contributed by atoms with E-state index in [9.17, 15) is 4.79 Å². The van der Waals surface area contributed by atoms with Crippen LogP contribution in [0.3, 0.4) is 0 Å². The number of hydrogen-bond acceptors (Lipinski definition) is 2.